The lowest BCUT2D eigenvalue weighted by Gasteiger charge is -2.22. The lowest BCUT2D eigenvalue weighted by Crippen LogP contribution is -2.34. The molecule has 0 atom stereocenters. The summed E-state index contributed by atoms with van der Waals surface area (Å²) in [5, 5.41) is 0. The van der Waals surface area contributed by atoms with Crippen molar-refractivity contribution in [1.82, 2.24) is 0 Å². The Hall–Kier alpha value is -0.400. The molecule has 0 aliphatic rings. The second-order valence-corrected chi connectivity index (χ2v) is 4.65. The Balaban J connectivity index is 3.39. The van der Waals surface area contributed by atoms with Crippen molar-refractivity contribution in [3.05, 3.63) is 32.4 Å². The van der Waals surface area contributed by atoms with Gasteiger partial charge in [0.05, 0.1) is 0 Å². The van der Waals surface area contributed by atoms with Crippen LogP contribution in [0.25, 0.3) is 0 Å². The molecular formula is C10H8F5I. The third-order valence-electron chi connectivity index (χ3n) is 2.28. The summed E-state index contributed by atoms with van der Waals surface area (Å²) in [7, 11) is 0. The molecule has 0 fully saturated rings. The van der Waals surface area contributed by atoms with Crippen LogP contribution in [-0.2, 0) is 5.92 Å². The van der Waals surface area contributed by atoms with E-state index in [-0.39, 0.29) is 3.57 Å². The zero-order chi connectivity index (χ0) is 12.7. The van der Waals surface area contributed by atoms with Gasteiger partial charge in [-0.05, 0) is 59.7 Å². The number of hydrogen-bond acceptors (Lipinski definition) is 0. The van der Waals surface area contributed by atoms with Crippen molar-refractivity contribution >= 4 is 22.6 Å². The van der Waals surface area contributed by atoms with Crippen LogP contribution in [0.1, 0.15) is 16.7 Å². The molecule has 1 aromatic carbocycles. The van der Waals surface area contributed by atoms with Crippen LogP contribution in [-0.4, -0.2) is 6.18 Å². The van der Waals surface area contributed by atoms with E-state index in [1.165, 1.54) is 35.6 Å². The van der Waals surface area contributed by atoms with E-state index in [0.29, 0.717) is 11.1 Å². The number of halogens is 6. The van der Waals surface area contributed by atoms with Gasteiger partial charge in [-0.15, -0.1) is 0 Å². The fourth-order valence-corrected chi connectivity index (χ4v) is 2.14. The molecule has 0 radical (unpaired) electrons. The van der Waals surface area contributed by atoms with Crippen LogP contribution in [0.5, 0.6) is 0 Å². The Bertz CT molecular complexity index is 408. The van der Waals surface area contributed by atoms with E-state index in [9.17, 15) is 22.0 Å². The Morgan fingerprint density at radius 3 is 1.81 bits per heavy atom. The van der Waals surface area contributed by atoms with Gasteiger partial charge in [-0.3, -0.25) is 0 Å². The predicted octanol–water partition coefficient (Wildman–Crippen LogP) is 4.56. The van der Waals surface area contributed by atoms with Gasteiger partial charge in [0.25, 0.3) is 0 Å². The summed E-state index contributed by atoms with van der Waals surface area (Å²) in [5.41, 5.74) is 0.120. The summed E-state index contributed by atoms with van der Waals surface area (Å²) < 4.78 is 62.7. The van der Waals surface area contributed by atoms with Gasteiger partial charge in [0.15, 0.2) is 0 Å². The second-order valence-electron chi connectivity index (χ2n) is 3.49. The van der Waals surface area contributed by atoms with Crippen molar-refractivity contribution < 1.29 is 22.0 Å². The lowest BCUT2D eigenvalue weighted by atomic mass is 10.0. The first-order chi connectivity index (χ1) is 7.07. The van der Waals surface area contributed by atoms with Crippen molar-refractivity contribution in [1.29, 1.82) is 0 Å². The highest BCUT2D eigenvalue weighted by Gasteiger charge is 2.59. The molecule has 16 heavy (non-hydrogen) atoms. The van der Waals surface area contributed by atoms with Gasteiger partial charge in [-0.1, -0.05) is 0 Å². The fraction of sp³-hybridized carbons (Fsp3) is 0.400. The van der Waals surface area contributed by atoms with Crippen LogP contribution in [0.4, 0.5) is 22.0 Å². The molecule has 1 aromatic rings. The van der Waals surface area contributed by atoms with E-state index in [0.717, 1.165) is 6.07 Å². The molecule has 0 saturated carbocycles. The molecule has 0 amide bonds. The van der Waals surface area contributed by atoms with Crippen LogP contribution >= 0.6 is 22.6 Å². The zero-order valence-corrected chi connectivity index (χ0v) is 10.6. The van der Waals surface area contributed by atoms with Crippen molar-refractivity contribution in [3.8, 4) is 0 Å². The van der Waals surface area contributed by atoms with Gasteiger partial charge in [0, 0.05) is 9.13 Å². The molecular weight excluding hydrogens is 342 g/mol. The van der Waals surface area contributed by atoms with Crippen LogP contribution < -0.4 is 0 Å². The summed E-state index contributed by atoms with van der Waals surface area (Å²) in [6.45, 7) is 3.16. The minimum absolute atomic E-state index is 0.0805. The molecule has 0 nitrogen and oxygen atoms in total. The average Bonchev–Trinajstić information content (AvgIpc) is 2.09. The first-order valence-electron chi connectivity index (χ1n) is 4.29. The minimum Gasteiger partial charge on any atom is -0.191 e. The molecule has 0 bridgehead atoms. The molecule has 1 rings (SSSR count). The molecule has 0 heterocycles. The maximum absolute atomic E-state index is 13.1. The number of rotatable bonds is 1. The quantitative estimate of drug-likeness (QED) is 0.515. The Labute approximate surface area is 103 Å². The first-order valence-corrected chi connectivity index (χ1v) is 5.37. The normalized spacial score (nSPS) is 13.0. The fourth-order valence-electron chi connectivity index (χ4n) is 1.17. The maximum atomic E-state index is 13.1. The van der Waals surface area contributed by atoms with Crippen LogP contribution in [0.15, 0.2) is 12.1 Å². The highest BCUT2D eigenvalue weighted by Crippen LogP contribution is 2.45. The molecule has 90 valence electrons. The van der Waals surface area contributed by atoms with E-state index in [4.69, 9.17) is 0 Å². The van der Waals surface area contributed by atoms with Gasteiger partial charge in [0.2, 0.25) is 0 Å². The summed E-state index contributed by atoms with van der Waals surface area (Å²) in [6.07, 6.45) is -5.56. The van der Waals surface area contributed by atoms with Gasteiger partial charge in [-0.25, -0.2) is 0 Å². The molecule has 6 heteroatoms. The molecule has 0 aromatic heterocycles. The first kappa shape index (κ1) is 13.7. The molecule has 0 spiro atoms. The molecule has 0 unspecified atom stereocenters. The average molecular weight is 350 g/mol. The van der Waals surface area contributed by atoms with E-state index < -0.39 is 17.7 Å². The predicted molar refractivity (Wildman–Crippen MR) is 58.6 cm³/mol. The third-order valence-corrected chi connectivity index (χ3v) is 3.17. The summed E-state index contributed by atoms with van der Waals surface area (Å²) >= 11 is 1.49. The number of aryl methyl sites for hydroxylation is 2. The second kappa shape index (κ2) is 4.12. The number of alkyl halides is 5. The monoisotopic (exact) mass is 350 g/mol. The highest BCUT2D eigenvalue weighted by atomic mass is 127. The van der Waals surface area contributed by atoms with E-state index >= 15 is 0 Å². The topological polar surface area (TPSA) is 0 Å². The lowest BCUT2D eigenvalue weighted by molar-refractivity contribution is -0.289. The van der Waals surface area contributed by atoms with Crippen LogP contribution in [0.3, 0.4) is 0 Å². The third kappa shape index (κ3) is 2.31. The summed E-state index contributed by atoms with van der Waals surface area (Å²) in [5.74, 6) is -4.80. The van der Waals surface area contributed by atoms with Crippen molar-refractivity contribution in [2.75, 3.05) is 0 Å². The largest absolute Gasteiger partial charge is 0.458 e. The Kier molecular flexibility index (Phi) is 3.52. The molecule has 0 N–H and O–H groups in total. The highest BCUT2D eigenvalue weighted by molar-refractivity contribution is 14.1. The van der Waals surface area contributed by atoms with Crippen LogP contribution in [0, 0.1) is 17.4 Å². The van der Waals surface area contributed by atoms with Crippen LogP contribution in [0.2, 0.25) is 0 Å². The van der Waals surface area contributed by atoms with Gasteiger partial charge in [0.1, 0.15) is 0 Å². The van der Waals surface area contributed by atoms with Crippen molar-refractivity contribution in [2.24, 2.45) is 0 Å². The van der Waals surface area contributed by atoms with E-state index in [2.05, 4.69) is 0 Å². The molecule has 0 aliphatic carbocycles. The smallest absolute Gasteiger partial charge is 0.191 e. The Morgan fingerprint density at radius 2 is 1.38 bits per heavy atom. The summed E-state index contributed by atoms with van der Waals surface area (Å²) in [4.78, 5) is 0. The minimum atomic E-state index is -5.56. The Morgan fingerprint density at radius 1 is 0.938 bits per heavy atom. The SMILES string of the molecule is Cc1cc(I)c(C(F)(F)C(F)(F)F)cc1C. The van der Waals surface area contributed by atoms with Gasteiger partial charge in [-0.2, -0.15) is 22.0 Å². The maximum Gasteiger partial charge on any atom is 0.458 e. The number of hydrogen-bond donors (Lipinski definition) is 0. The zero-order valence-electron chi connectivity index (χ0n) is 8.42. The summed E-state index contributed by atoms with van der Waals surface area (Å²) in [6, 6.07) is 2.22. The van der Waals surface area contributed by atoms with E-state index in [1.54, 1.807) is 6.92 Å². The van der Waals surface area contributed by atoms with Gasteiger partial charge < -0.3 is 0 Å². The van der Waals surface area contributed by atoms with Crippen molar-refractivity contribution in [3.63, 3.8) is 0 Å². The molecule has 0 saturated heterocycles. The van der Waals surface area contributed by atoms with E-state index in [1.807, 2.05) is 0 Å². The van der Waals surface area contributed by atoms with Gasteiger partial charge >= 0.3 is 12.1 Å². The number of benzene rings is 1. The molecule has 0 aliphatic heterocycles. The standard InChI is InChI=1S/C10H8F5I/c1-5-3-7(8(16)4-6(5)2)9(11,12)10(13,14)15/h3-4H,1-2H3. The van der Waals surface area contributed by atoms with Crippen molar-refractivity contribution in [2.45, 2.75) is 25.9 Å².